The van der Waals surface area contributed by atoms with Gasteiger partial charge in [0.15, 0.2) is 0 Å². The fourth-order valence-corrected chi connectivity index (χ4v) is 2.60. The first-order chi connectivity index (χ1) is 9.16. The smallest absolute Gasteiger partial charge is 0.142 e. The summed E-state index contributed by atoms with van der Waals surface area (Å²) in [6.45, 7) is 6.38. The van der Waals surface area contributed by atoms with Crippen LogP contribution in [-0.2, 0) is 0 Å². The molecule has 0 spiro atoms. The van der Waals surface area contributed by atoms with Crippen molar-refractivity contribution in [1.29, 1.82) is 0 Å². The Kier molecular flexibility index (Phi) is 5.08. The molecule has 1 heterocycles. The van der Waals surface area contributed by atoms with Crippen LogP contribution in [0.4, 0.5) is 5.69 Å². The van der Waals surface area contributed by atoms with Crippen LogP contribution in [0.5, 0.6) is 5.75 Å². The van der Waals surface area contributed by atoms with Crippen LogP contribution in [0.2, 0.25) is 0 Å². The van der Waals surface area contributed by atoms with E-state index in [2.05, 4.69) is 49.3 Å². The van der Waals surface area contributed by atoms with E-state index in [-0.39, 0.29) is 6.10 Å². The van der Waals surface area contributed by atoms with Crippen LogP contribution in [0, 0.1) is 0 Å². The van der Waals surface area contributed by atoms with E-state index >= 15 is 0 Å². The zero-order valence-electron chi connectivity index (χ0n) is 12.4. The van der Waals surface area contributed by atoms with Gasteiger partial charge < -0.3 is 15.0 Å². The standard InChI is InChI=1S/C16H26N2O/c1-13(2)19-16-9-5-4-8-15(16)18(3)12-10-14-7-6-11-17-14/h4-5,8-9,13-14,17H,6-7,10-12H2,1-3H3. The van der Waals surface area contributed by atoms with E-state index in [1.165, 1.54) is 31.5 Å². The number of ether oxygens (including phenoxy) is 1. The average Bonchev–Trinajstić information content (AvgIpc) is 2.89. The first kappa shape index (κ1) is 14.2. The van der Waals surface area contributed by atoms with Gasteiger partial charge in [0.2, 0.25) is 0 Å². The fourth-order valence-electron chi connectivity index (χ4n) is 2.60. The summed E-state index contributed by atoms with van der Waals surface area (Å²) in [7, 11) is 2.15. The average molecular weight is 262 g/mol. The number of benzene rings is 1. The molecular formula is C16H26N2O. The molecule has 1 aliphatic heterocycles. The lowest BCUT2D eigenvalue weighted by atomic mass is 10.1. The molecule has 19 heavy (non-hydrogen) atoms. The minimum Gasteiger partial charge on any atom is -0.489 e. The van der Waals surface area contributed by atoms with Crippen molar-refractivity contribution in [2.75, 3.05) is 25.0 Å². The molecule has 0 radical (unpaired) electrons. The topological polar surface area (TPSA) is 24.5 Å². The van der Waals surface area contributed by atoms with Gasteiger partial charge in [-0.2, -0.15) is 0 Å². The van der Waals surface area contributed by atoms with Gasteiger partial charge in [0.1, 0.15) is 5.75 Å². The first-order valence-corrected chi connectivity index (χ1v) is 7.37. The van der Waals surface area contributed by atoms with Gasteiger partial charge in [0, 0.05) is 19.6 Å². The predicted octanol–water partition coefficient (Wildman–Crippen LogP) is 3.05. The van der Waals surface area contributed by atoms with Gasteiger partial charge in [-0.25, -0.2) is 0 Å². The molecule has 106 valence electrons. The molecule has 1 aromatic carbocycles. The van der Waals surface area contributed by atoms with Gasteiger partial charge in [-0.1, -0.05) is 12.1 Å². The largest absolute Gasteiger partial charge is 0.489 e. The monoisotopic (exact) mass is 262 g/mol. The summed E-state index contributed by atoms with van der Waals surface area (Å²) in [4.78, 5) is 2.30. The third-order valence-electron chi connectivity index (χ3n) is 3.61. The molecule has 0 amide bonds. The van der Waals surface area contributed by atoms with Crippen molar-refractivity contribution in [3.8, 4) is 5.75 Å². The van der Waals surface area contributed by atoms with Crippen LogP contribution in [-0.4, -0.2) is 32.3 Å². The van der Waals surface area contributed by atoms with E-state index in [9.17, 15) is 0 Å². The van der Waals surface area contributed by atoms with Crippen LogP contribution >= 0.6 is 0 Å². The van der Waals surface area contributed by atoms with Crippen molar-refractivity contribution in [1.82, 2.24) is 5.32 Å². The van der Waals surface area contributed by atoms with Gasteiger partial charge in [-0.05, 0) is 51.8 Å². The fraction of sp³-hybridized carbons (Fsp3) is 0.625. The lowest BCUT2D eigenvalue weighted by Gasteiger charge is -2.24. The molecule has 1 saturated heterocycles. The molecule has 1 aliphatic rings. The number of anilines is 1. The van der Waals surface area contributed by atoms with Crippen molar-refractivity contribution in [2.24, 2.45) is 0 Å². The van der Waals surface area contributed by atoms with Crippen molar-refractivity contribution >= 4 is 5.69 Å². The van der Waals surface area contributed by atoms with E-state index in [1.807, 2.05) is 6.07 Å². The maximum Gasteiger partial charge on any atom is 0.142 e. The Bertz CT molecular complexity index is 386. The third-order valence-corrected chi connectivity index (χ3v) is 3.61. The quantitative estimate of drug-likeness (QED) is 0.853. The molecule has 2 rings (SSSR count). The van der Waals surface area contributed by atoms with E-state index in [1.54, 1.807) is 0 Å². The maximum atomic E-state index is 5.88. The van der Waals surface area contributed by atoms with Crippen LogP contribution < -0.4 is 15.0 Å². The molecular weight excluding hydrogens is 236 g/mol. The number of hydrogen-bond donors (Lipinski definition) is 1. The second kappa shape index (κ2) is 6.80. The number of nitrogens with one attached hydrogen (secondary N) is 1. The number of hydrogen-bond acceptors (Lipinski definition) is 3. The molecule has 1 N–H and O–H groups in total. The number of nitrogens with zero attached hydrogens (tertiary/aromatic N) is 1. The van der Waals surface area contributed by atoms with Crippen LogP contribution in [0.15, 0.2) is 24.3 Å². The van der Waals surface area contributed by atoms with Gasteiger partial charge in [-0.15, -0.1) is 0 Å². The maximum absolute atomic E-state index is 5.88. The van der Waals surface area contributed by atoms with Crippen LogP contribution in [0.3, 0.4) is 0 Å². The molecule has 0 aromatic heterocycles. The Morgan fingerprint density at radius 2 is 2.16 bits per heavy atom. The normalized spacial score (nSPS) is 18.8. The summed E-state index contributed by atoms with van der Waals surface area (Å²) < 4.78 is 5.88. The summed E-state index contributed by atoms with van der Waals surface area (Å²) in [6, 6.07) is 9.00. The molecule has 1 aromatic rings. The highest BCUT2D eigenvalue weighted by Crippen LogP contribution is 2.28. The summed E-state index contributed by atoms with van der Waals surface area (Å²) in [6.07, 6.45) is 4.05. The Morgan fingerprint density at radius 1 is 1.37 bits per heavy atom. The summed E-state index contributed by atoms with van der Waals surface area (Å²) in [5.74, 6) is 0.986. The summed E-state index contributed by atoms with van der Waals surface area (Å²) in [5.41, 5.74) is 1.19. The molecule has 1 atom stereocenters. The second-order valence-corrected chi connectivity index (χ2v) is 5.64. The first-order valence-electron chi connectivity index (χ1n) is 7.37. The molecule has 0 bridgehead atoms. The molecule has 1 unspecified atom stereocenters. The van der Waals surface area contributed by atoms with Crippen LogP contribution in [0.25, 0.3) is 0 Å². The predicted molar refractivity (Wildman–Crippen MR) is 81.1 cm³/mol. The Labute approximate surface area is 116 Å². The van der Waals surface area contributed by atoms with Gasteiger partial charge in [-0.3, -0.25) is 0 Å². The second-order valence-electron chi connectivity index (χ2n) is 5.64. The van der Waals surface area contributed by atoms with Crippen molar-refractivity contribution < 1.29 is 4.74 Å². The van der Waals surface area contributed by atoms with E-state index in [0.717, 1.165) is 12.3 Å². The minimum atomic E-state index is 0.214. The highest BCUT2D eigenvalue weighted by molar-refractivity contribution is 5.57. The third kappa shape index (κ3) is 4.13. The SMILES string of the molecule is CC(C)Oc1ccccc1N(C)CCC1CCCN1. The van der Waals surface area contributed by atoms with Crippen molar-refractivity contribution in [3.63, 3.8) is 0 Å². The minimum absolute atomic E-state index is 0.214. The Morgan fingerprint density at radius 3 is 2.84 bits per heavy atom. The van der Waals surface area contributed by atoms with Crippen molar-refractivity contribution in [2.45, 2.75) is 45.3 Å². The Hall–Kier alpha value is -1.22. The molecule has 0 saturated carbocycles. The van der Waals surface area contributed by atoms with Gasteiger partial charge in [0.05, 0.1) is 11.8 Å². The zero-order valence-corrected chi connectivity index (χ0v) is 12.4. The van der Waals surface area contributed by atoms with Gasteiger partial charge in [0.25, 0.3) is 0 Å². The lowest BCUT2D eigenvalue weighted by molar-refractivity contribution is 0.243. The number of para-hydroxylation sites is 2. The molecule has 3 nitrogen and oxygen atoms in total. The highest BCUT2D eigenvalue weighted by Gasteiger charge is 2.15. The van der Waals surface area contributed by atoms with E-state index in [0.29, 0.717) is 6.04 Å². The molecule has 0 aliphatic carbocycles. The lowest BCUT2D eigenvalue weighted by Crippen LogP contribution is -2.28. The van der Waals surface area contributed by atoms with Gasteiger partial charge >= 0.3 is 0 Å². The summed E-state index contributed by atoms with van der Waals surface area (Å²) in [5, 5.41) is 3.55. The highest BCUT2D eigenvalue weighted by atomic mass is 16.5. The summed E-state index contributed by atoms with van der Waals surface area (Å²) >= 11 is 0. The van der Waals surface area contributed by atoms with Crippen molar-refractivity contribution in [3.05, 3.63) is 24.3 Å². The van der Waals surface area contributed by atoms with Crippen LogP contribution in [0.1, 0.15) is 33.1 Å². The molecule has 1 fully saturated rings. The molecule has 3 heteroatoms. The van der Waals surface area contributed by atoms with E-state index < -0.39 is 0 Å². The zero-order chi connectivity index (χ0) is 13.7. The van der Waals surface area contributed by atoms with E-state index in [4.69, 9.17) is 4.74 Å². The number of rotatable bonds is 6. The Balaban J connectivity index is 1.95.